The molecule has 0 heterocycles. The lowest BCUT2D eigenvalue weighted by molar-refractivity contribution is 0.0696. The summed E-state index contributed by atoms with van der Waals surface area (Å²) in [5, 5.41) is 8.71. The van der Waals surface area contributed by atoms with Gasteiger partial charge < -0.3 is 10.8 Å². The maximum atomic E-state index is 13.2. The summed E-state index contributed by atoms with van der Waals surface area (Å²) in [6.45, 7) is 0. The standard InChI is InChI=1S/C10H10FNO2/c11-8-2-1-5(10(13)14)3-6(8)7-4-9(7)12/h1-3,7,9H,4,12H2,(H,13,14). The summed E-state index contributed by atoms with van der Waals surface area (Å²) in [5.74, 6) is -1.41. The van der Waals surface area contributed by atoms with Crippen LogP contribution in [0.5, 0.6) is 0 Å². The van der Waals surface area contributed by atoms with Crippen molar-refractivity contribution in [3.05, 3.63) is 35.1 Å². The van der Waals surface area contributed by atoms with E-state index in [2.05, 4.69) is 0 Å². The number of aromatic carboxylic acids is 1. The molecule has 3 nitrogen and oxygen atoms in total. The van der Waals surface area contributed by atoms with Gasteiger partial charge in [-0.1, -0.05) is 0 Å². The van der Waals surface area contributed by atoms with Crippen LogP contribution in [0.25, 0.3) is 0 Å². The lowest BCUT2D eigenvalue weighted by Gasteiger charge is -2.02. The number of nitrogens with two attached hydrogens (primary N) is 1. The Morgan fingerprint density at radius 2 is 2.21 bits per heavy atom. The normalized spacial score (nSPS) is 24.7. The minimum Gasteiger partial charge on any atom is -0.478 e. The van der Waals surface area contributed by atoms with Crippen molar-refractivity contribution in [2.24, 2.45) is 5.73 Å². The quantitative estimate of drug-likeness (QED) is 0.748. The van der Waals surface area contributed by atoms with Crippen molar-refractivity contribution in [1.29, 1.82) is 0 Å². The molecule has 14 heavy (non-hydrogen) atoms. The Morgan fingerprint density at radius 3 is 2.71 bits per heavy atom. The molecule has 2 unspecified atom stereocenters. The Kier molecular flexibility index (Phi) is 2.00. The molecule has 1 aromatic carbocycles. The largest absolute Gasteiger partial charge is 0.478 e. The predicted molar refractivity (Wildman–Crippen MR) is 48.7 cm³/mol. The number of hydrogen-bond acceptors (Lipinski definition) is 2. The molecule has 0 amide bonds. The molecule has 1 aliphatic rings. The van der Waals surface area contributed by atoms with Crippen LogP contribution in [0, 0.1) is 5.82 Å². The second kappa shape index (κ2) is 3.06. The number of halogens is 1. The Morgan fingerprint density at radius 1 is 1.57 bits per heavy atom. The fourth-order valence-electron chi connectivity index (χ4n) is 1.53. The minimum atomic E-state index is -1.04. The van der Waals surface area contributed by atoms with Crippen LogP contribution < -0.4 is 5.73 Å². The van der Waals surface area contributed by atoms with Crippen LogP contribution in [0.3, 0.4) is 0 Å². The molecule has 2 atom stereocenters. The van der Waals surface area contributed by atoms with E-state index in [0.717, 1.165) is 6.42 Å². The number of hydrogen-bond donors (Lipinski definition) is 2. The van der Waals surface area contributed by atoms with Gasteiger partial charge in [0, 0.05) is 12.0 Å². The molecule has 1 aromatic rings. The molecule has 0 radical (unpaired) electrons. The summed E-state index contributed by atoms with van der Waals surface area (Å²) >= 11 is 0. The molecular formula is C10H10FNO2. The topological polar surface area (TPSA) is 63.3 Å². The zero-order valence-corrected chi connectivity index (χ0v) is 7.40. The Hall–Kier alpha value is -1.42. The summed E-state index contributed by atoms with van der Waals surface area (Å²) in [6, 6.07) is 3.79. The lowest BCUT2D eigenvalue weighted by atomic mass is 10.1. The molecule has 4 heteroatoms. The summed E-state index contributed by atoms with van der Waals surface area (Å²) in [6.07, 6.45) is 0.736. The molecule has 1 fully saturated rings. The molecule has 1 saturated carbocycles. The van der Waals surface area contributed by atoms with Gasteiger partial charge >= 0.3 is 5.97 Å². The molecule has 0 aliphatic heterocycles. The fraction of sp³-hybridized carbons (Fsp3) is 0.300. The van der Waals surface area contributed by atoms with E-state index >= 15 is 0 Å². The third kappa shape index (κ3) is 1.48. The molecule has 0 spiro atoms. The zero-order chi connectivity index (χ0) is 10.3. The molecule has 0 saturated heterocycles. The van der Waals surface area contributed by atoms with Crippen molar-refractivity contribution >= 4 is 5.97 Å². The Labute approximate surface area is 80.3 Å². The first-order valence-corrected chi connectivity index (χ1v) is 4.38. The second-order valence-corrected chi connectivity index (χ2v) is 3.55. The van der Waals surface area contributed by atoms with Crippen LogP contribution in [0.15, 0.2) is 18.2 Å². The highest BCUT2D eigenvalue weighted by Crippen LogP contribution is 2.40. The molecule has 74 valence electrons. The molecule has 0 bridgehead atoms. The van der Waals surface area contributed by atoms with E-state index in [1.165, 1.54) is 18.2 Å². The highest BCUT2D eigenvalue weighted by atomic mass is 19.1. The van der Waals surface area contributed by atoms with Crippen LogP contribution in [0.1, 0.15) is 28.3 Å². The van der Waals surface area contributed by atoms with Gasteiger partial charge in [-0.05, 0) is 30.2 Å². The summed E-state index contributed by atoms with van der Waals surface area (Å²) in [5.41, 5.74) is 6.12. The van der Waals surface area contributed by atoms with Gasteiger partial charge in [0.1, 0.15) is 5.82 Å². The summed E-state index contributed by atoms with van der Waals surface area (Å²) < 4.78 is 13.2. The summed E-state index contributed by atoms with van der Waals surface area (Å²) in [7, 11) is 0. The molecular weight excluding hydrogens is 185 g/mol. The van der Waals surface area contributed by atoms with Gasteiger partial charge in [0.2, 0.25) is 0 Å². The molecule has 2 rings (SSSR count). The van der Waals surface area contributed by atoms with Crippen molar-refractivity contribution in [2.45, 2.75) is 18.4 Å². The smallest absolute Gasteiger partial charge is 0.335 e. The Bertz CT molecular complexity index is 392. The van der Waals surface area contributed by atoms with Gasteiger partial charge in [0.05, 0.1) is 5.56 Å². The van der Waals surface area contributed by atoms with Crippen LogP contribution >= 0.6 is 0 Å². The fourth-order valence-corrected chi connectivity index (χ4v) is 1.53. The Balaban J connectivity index is 2.38. The van der Waals surface area contributed by atoms with E-state index in [1.54, 1.807) is 0 Å². The van der Waals surface area contributed by atoms with Crippen molar-refractivity contribution in [2.75, 3.05) is 0 Å². The van der Waals surface area contributed by atoms with Crippen molar-refractivity contribution in [3.63, 3.8) is 0 Å². The molecule has 1 aliphatic carbocycles. The van der Waals surface area contributed by atoms with E-state index in [0.29, 0.717) is 5.56 Å². The van der Waals surface area contributed by atoms with Crippen LogP contribution in [0.4, 0.5) is 4.39 Å². The van der Waals surface area contributed by atoms with E-state index in [1.807, 2.05) is 0 Å². The van der Waals surface area contributed by atoms with Gasteiger partial charge in [-0.25, -0.2) is 9.18 Å². The number of rotatable bonds is 2. The van der Waals surface area contributed by atoms with Crippen molar-refractivity contribution < 1.29 is 14.3 Å². The third-order valence-corrected chi connectivity index (χ3v) is 2.48. The van der Waals surface area contributed by atoms with Crippen molar-refractivity contribution in [1.82, 2.24) is 0 Å². The highest BCUT2D eigenvalue weighted by molar-refractivity contribution is 5.87. The zero-order valence-electron chi connectivity index (χ0n) is 7.40. The minimum absolute atomic E-state index is 0.00528. The monoisotopic (exact) mass is 195 g/mol. The maximum absolute atomic E-state index is 13.2. The molecule has 3 N–H and O–H groups in total. The number of carboxylic acids is 1. The second-order valence-electron chi connectivity index (χ2n) is 3.55. The van der Waals surface area contributed by atoms with E-state index in [-0.39, 0.29) is 23.3 Å². The van der Waals surface area contributed by atoms with Gasteiger partial charge in [-0.3, -0.25) is 0 Å². The summed E-state index contributed by atoms with van der Waals surface area (Å²) in [4.78, 5) is 10.6. The van der Waals surface area contributed by atoms with Crippen LogP contribution in [-0.2, 0) is 0 Å². The highest BCUT2D eigenvalue weighted by Gasteiger charge is 2.37. The number of carboxylic acid groups (broad SMARTS) is 1. The van der Waals surface area contributed by atoms with Gasteiger partial charge in [-0.2, -0.15) is 0 Å². The first kappa shape index (κ1) is 9.15. The van der Waals surface area contributed by atoms with Gasteiger partial charge in [-0.15, -0.1) is 0 Å². The SMILES string of the molecule is NC1CC1c1cc(C(=O)O)ccc1F. The maximum Gasteiger partial charge on any atom is 0.335 e. The lowest BCUT2D eigenvalue weighted by Crippen LogP contribution is -2.04. The average molecular weight is 195 g/mol. The average Bonchev–Trinajstić information content (AvgIpc) is 2.83. The van der Waals surface area contributed by atoms with E-state index in [4.69, 9.17) is 10.8 Å². The van der Waals surface area contributed by atoms with Gasteiger partial charge in [0.15, 0.2) is 0 Å². The van der Waals surface area contributed by atoms with Gasteiger partial charge in [0.25, 0.3) is 0 Å². The number of benzene rings is 1. The predicted octanol–water partition coefficient (Wildman–Crippen LogP) is 1.34. The van der Waals surface area contributed by atoms with E-state index < -0.39 is 5.97 Å². The molecule has 0 aromatic heterocycles. The third-order valence-electron chi connectivity index (χ3n) is 2.48. The first-order valence-electron chi connectivity index (χ1n) is 4.38. The first-order chi connectivity index (χ1) is 6.59. The van der Waals surface area contributed by atoms with E-state index in [9.17, 15) is 9.18 Å². The van der Waals surface area contributed by atoms with Crippen molar-refractivity contribution in [3.8, 4) is 0 Å². The van der Waals surface area contributed by atoms with Crippen LogP contribution in [-0.4, -0.2) is 17.1 Å². The number of carbonyl (C=O) groups is 1. The van der Waals surface area contributed by atoms with Crippen LogP contribution in [0.2, 0.25) is 0 Å².